The summed E-state index contributed by atoms with van der Waals surface area (Å²) in [4.78, 5) is 10.8. The number of halogens is 2. The molecule has 0 heterocycles. The van der Waals surface area contributed by atoms with Crippen molar-refractivity contribution in [1.29, 1.82) is 0 Å². The smallest absolute Gasteiger partial charge is 0.365 e. The van der Waals surface area contributed by atoms with Crippen molar-refractivity contribution < 1.29 is 23.4 Å². The molecule has 5 heteroatoms. The highest BCUT2D eigenvalue weighted by atomic mass is 19.1. The second-order valence-electron chi connectivity index (χ2n) is 9.41. The van der Waals surface area contributed by atoms with Crippen molar-refractivity contribution in [2.24, 2.45) is 0 Å². The fourth-order valence-electron chi connectivity index (χ4n) is 4.13. The maximum atomic E-state index is 15.2. The molecule has 1 aliphatic rings. The average molecular weight is 433 g/mol. The topological polar surface area (TPSA) is 46.5 Å². The van der Waals surface area contributed by atoms with E-state index in [0.29, 0.717) is 29.9 Å². The Hall–Kier alpha value is -2.43. The molecule has 0 fully saturated rings. The van der Waals surface area contributed by atoms with Gasteiger partial charge in [0, 0.05) is 5.56 Å². The molecule has 0 saturated carbocycles. The minimum Gasteiger partial charge on any atom is -0.493 e. The number of ether oxygens (including phenoxy) is 1. The summed E-state index contributed by atoms with van der Waals surface area (Å²) in [6.07, 6.45) is 4.78. The zero-order valence-corrected chi connectivity index (χ0v) is 19.7. The highest BCUT2D eigenvalue weighted by Crippen LogP contribution is 2.49. The molecule has 2 rings (SSSR count). The minimum absolute atomic E-state index is 0.0000398. The summed E-state index contributed by atoms with van der Waals surface area (Å²) >= 11 is 0. The zero-order valence-electron chi connectivity index (χ0n) is 19.7. The van der Waals surface area contributed by atoms with Gasteiger partial charge in [-0.05, 0) is 84.4 Å². The van der Waals surface area contributed by atoms with E-state index in [-0.39, 0.29) is 16.4 Å². The fraction of sp³-hybridized carbons (Fsp3) is 0.500. The van der Waals surface area contributed by atoms with E-state index >= 15 is 4.39 Å². The Labute approximate surface area is 184 Å². The quantitative estimate of drug-likeness (QED) is 0.360. The predicted octanol–water partition coefficient (Wildman–Crippen LogP) is 7.41. The molecule has 1 aromatic carbocycles. The van der Waals surface area contributed by atoms with Crippen molar-refractivity contribution in [3.63, 3.8) is 0 Å². The number of rotatable bonds is 7. The molecule has 1 N–H and O–H groups in total. The van der Waals surface area contributed by atoms with Gasteiger partial charge in [-0.15, -0.1) is 0 Å². The summed E-state index contributed by atoms with van der Waals surface area (Å²) < 4.78 is 34.7. The van der Waals surface area contributed by atoms with E-state index in [9.17, 15) is 9.18 Å². The van der Waals surface area contributed by atoms with E-state index in [1.54, 1.807) is 0 Å². The van der Waals surface area contributed by atoms with Gasteiger partial charge in [-0.2, -0.15) is 4.39 Å². The summed E-state index contributed by atoms with van der Waals surface area (Å²) in [6.45, 7) is 14.4. The summed E-state index contributed by atoms with van der Waals surface area (Å²) in [5.74, 6) is -2.86. The van der Waals surface area contributed by atoms with Gasteiger partial charge >= 0.3 is 5.97 Å². The first kappa shape index (κ1) is 24.8. The van der Waals surface area contributed by atoms with E-state index in [0.717, 1.165) is 25.0 Å². The van der Waals surface area contributed by atoms with Crippen LogP contribution in [0.25, 0.3) is 5.57 Å². The Kier molecular flexibility index (Phi) is 7.51. The molecular formula is C26H34F2O3. The average Bonchev–Trinajstić information content (AvgIpc) is 2.70. The molecule has 31 heavy (non-hydrogen) atoms. The molecule has 0 radical (unpaired) electrons. The first-order valence-corrected chi connectivity index (χ1v) is 10.8. The lowest BCUT2D eigenvalue weighted by Crippen LogP contribution is -2.34. The maximum Gasteiger partial charge on any atom is 0.365 e. The van der Waals surface area contributed by atoms with E-state index in [1.807, 2.05) is 19.9 Å². The van der Waals surface area contributed by atoms with Crippen LogP contribution < -0.4 is 4.74 Å². The van der Waals surface area contributed by atoms with Crippen LogP contribution in [0.5, 0.6) is 5.75 Å². The van der Waals surface area contributed by atoms with Crippen molar-refractivity contribution in [3.8, 4) is 5.75 Å². The number of hydrogen-bond acceptors (Lipinski definition) is 2. The number of aliphatic carboxylic acids is 1. The van der Waals surface area contributed by atoms with Gasteiger partial charge in [0.1, 0.15) is 11.6 Å². The van der Waals surface area contributed by atoms with E-state index in [2.05, 4.69) is 33.8 Å². The lowest BCUT2D eigenvalue weighted by Gasteiger charge is -2.42. The summed E-state index contributed by atoms with van der Waals surface area (Å²) in [5, 5.41) is 8.76. The second kappa shape index (κ2) is 9.37. The van der Waals surface area contributed by atoms with Gasteiger partial charge in [-0.25, -0.2) is 9.18 Å². The summed E-state index contributed by atoms with van der Waals surface area (Å²) in [5.41, 5.74) is 3.38. The van der Waals surface area contributed by atoms with Crippen molar-refractivity contribution in [2.75, 3.05) is 6.61 Å². The normalized spacial score (nSPS) is 18.9. The molecule has 0 spiro atoms. The minimum atomic E-state index is -1.67. The van der Waals surface area contributed by atoms with Crippen molar-refractivity contribution in [1.82, 2.24) is 0 Å². The molecule has 0 unspecified atom stereocenters. The predicted molar refractivity (Wildman–Crippen MR) is 122 cm³/mol. The summed E-state index contributed by atoms with van der Waals surface area (Å²) in [7, 11) is 0. The highest BCUT2D eigenvalue weighted by Gasteiger charge is 2.38. The van der Waals surface area contributed by atoms with Gasteiger partial charge in [-0.3, -0.25) is 0 Å². The molecule has 0 atom stereocenters. The lowest BCUT2D eigenvalue weighted by molar-refractivity contribution is -0.134. The van der Waals surface area contributed by atoms with Gasteiger partial charge in [0.15, 0.2) is 0 Å². The van der Waals surface area contributed by atoms with Crippen molar-refractivity contribution in [2.45, 2.75) is 78.6 Å². The van der Waals surface area contributed by atoms with Crippen molar-refractivity contribution in [3.05, 3.63) is 58.2 Å². The van der Waals surface area contributed by atoms with Gasteiger partial charge in [-0.1, -0.05) is 40.7 Å². The molecule has 0 aliphatic heterocycles. The number of allylic oxidation sites excluding steroid dienone is 5. The van der Waals surface area contributed by atoms with Gasteiger partial charge in [0.2, 0.25) is 5.83 Å². The number of hydrogen-bond donors (Lipinski definition) is 1. The fourth-order valence-corrected chi connectivity index (χ4v) is 4.13. The van der Waals surface area contributed by atoms with Crippen LogP contribution in [0.4, 0.5) is 8.78 Å². The molecule has 1 aromatic rings. The molecular weight excluding hydrogens is 398 g/mol. The van der Waals surface area contributed by atoms with Crippen LogP contribution in [0, 0.1) is 0 Å². The Morgan fingerprint density at radius 3 is 2.10 bits per heavy atom. The standard InChI is InChI=1S/C26H34F2O3/c1-8-17(21(27)11-10-16(3)23(28)24(29)30)18-14-19-20(15-22(18)31-9-2)26(6,7)13-12-25(19,4)5/h10-11,14-15H,8-9,12-13H2,1-7H3,(H,29,30). The number of benzene rings is 1. The summed E-state index contributed by atoms with van der Waals surface area (Å²) in [6, 6.07) is 4.10. The lowest BCUT2D eigenvalue weighted by atomic mass is 9.62. The number of fused-ring (bicyclic) bond motifs is 1. The molecule has 0 amide bonds. The molecule has 170 valence electrons. The van der Waals surface area contributed by atoms with E-state index < -0.39 is 17.6 Å². The maximum absolute atomic E-state index is 15.2. The zero-order chi connectivity index (χ0) is 23.6. The van der Waals surface area contributed by atoms with Crippen LogP contribution in [0.3, 0.4) is 0 Å². The SMILES string of the molecule is CCOc1cc2c(cc1C(CC)=C(F)C=CC(C)=C(F)C(=O)O)C(C)(C)CCC2(C)C. The second-order valence-corrected chi connectivity index (χ2v) is 9.41. The van der Waals surface area contributed by atoms with Gasteiger partial charge < -0.3 is 9.84 Å². The Morgan fingerprint density at radius 1 is 1.06 bits per heavy atom. The van der Waals surface area contributed by atoms with E-state index in [4.69, 9.17) is 9.84 Å². The third kappa shape index (κ3) is 5.25. The number of carbonyl (C=O) groups is 1. The molecule has 3 nitrogen and oxygen atoms in total. The third-order valence-electron chi connectivity index (χ3n) is 6.23. The van der Waals surface area contributed by atoms with Crippen LogP contribution in [-0.4, -0.2) is 17.7 Å². The third-order valence-corrected chi connectivity index (χ3v) is 6.23. The van der Waals surface area contributed by atoms with Gasteiger partial charge in [0.05, 0.1) is 6.61 Å². The monoisotopic (exact) mass is 432 g/mol. The Morgan fingerprint density at radius 2 is 1.61 bits per heavy atom. The number of carboxylic acid groups (broad SMARTS) is 1. The van der Waals surface area contributed by atoms with Crippen LogP contribution in [0.15, 0.2) is 41.5 Å². The number of carboxylic acids is 1. The first-order valence-electron chi connectivity index (χ1n) is 10.8. The van der Waals surface area contributed by atoms with Crippen LogP contribution in [-0.2, 0) is 15.6 Å². The first-order chi connectivity index (χ1) is 14.4. The molecule has 0 aromatic heterocycles. The van der Waals surface area contributed by atoms with Crippen molar-refractivity contribution >= 4 is 11.5 Å². The molecule has 0 bridgehead atoms. The van der Waals surface area contributed by atoms with Crippen LogP contribution in [0.2, 0.25) is 0 Å². The Bertz CT molecular complexity index is 950. The van der Waals surface area contributed by atoms with Crippen LogP contribution >= 0.6 is 0 Å². The van der Waals surface area contributed by atoms with Crippen LogP contribution in [0.1, 0.15) is 84.4 Å². The largest absolute Gasteiger partial charge is 0.493 e. The van der Waals surface area contributed by atoms with Gasteiger partial charge in [0.25, 0.3) is 0 Å². The molecule has 1 aliphatic carbocycles. The molecule has 0 saturated heterocycles. The highest BCUT2D eigenvalue weighted by molar-refractivity contribution is 5.85. The van der Waals surface area contributed by atoms with E-state index in [1.165, 1.54) is 18.1 Å². The Balaban J connectivity index is 2.70.